The van der Waals surface area contributed by atoms with Gasteiger partial charge in [-0.15, -0.1) is 0 Å². The Morgan fingerprint density at radius 2 is 2.12 bits per heavy atom. The summed E-state index contributed by atoms with van der Waals surface area (Å²) < 4.78 is 0. The van der Waals surface area contributed by atoms with Gasteiger partial charge in [-0.2, -0.15) is 0 Å². The van der Waals surface area contributed by atoms with Crippen LogP contribution in [0.4, 0.5) is 5.82 Å². The molecule has 1 saturated heterocycles. The molecule has 0 N–H and O–H groups in total. The Hall–Kier alpha value is -1.54. The number of nitrogens with zero attached hydrogens (tertiary/aromatic N) is 4. The molecule has 0 aliphatic carbocycles. The quantitative estimate of drug-likeness (QED) is 0.284. The maximum atomic E-state index is 12.4. The lowest BCUT2D eigenvalue weighted by molar-refractivity contribution is -0.301. The number of rotatable bonds is 8. The zero-order chi connectivity index (χ0) is 19.1. The topological polar surface area (TPSA) is 89.5 Å². The predicted molar refractivity (Wildman–Crippen MR) is 100 cm³/mol. The van der Waals surface area contributed by atoms with Crippen LogP contribution in [0.15, 0.2) is 11.2 Å². The minimum Gasteiger partial charge on any atom is -0.549 e. The summed E-state index contributed by atoms with van der Waals surface area (Å²) in [6.07, 6.45) is 3.71. The number of amides is 1. The minimum atomic E-state index is -1.18. The van der Waals surface area contributed by atoms with E-state index in [1.54, 1.807) is 6.07 Å². The van der Waals surface area contributed by atoms with Gasteiger partial charge in [0.15, 0.2) is 5.16 Å². The second kappa shape index (κ2) is 9.97. The number of piperazine rings is 1. The standard InChI is InChI=1S/C17H25ClN4O3S/c1-3-4-5-6-15(23)22-8-7-21(10-12(22)2)14-9-13(18)19-17(20-14)26-11-16(24)25/h9,12H,3-8,10-11H2,1-2H3,(H,24,25)/p-1/t12-/m0/s1. The molecule has 0 unspecified atom stereocenters. The zero-order valence-electron chi connectivity index (χ0n) is 15.1. The first kappa shape index (κ1) is 20.8. The van der Waals surface area contributed by atoms with E-state index in [2.05, 4.69) is 21.8 Å². The summed E-state index contributed by atoms with van der Waals surface area (Å²) in [5, 5.41) is 11.2. The van der Waals surface area contributed by atoms with Crippen LogP contribution in [0.3, 0.4) is 0 Å². The van der Waals surface area contributed by atoms with Crippen LogP contribution in [-0.2, 0) is 9.59 Å². The number of hydrogen-bond acceptors (Lipinski definition) is 7. The van der Waals surface area contributed by atoms with Gasteiger partial charge in [-0.3, -0.25) is 4.79 Å². The Labute approximate surface area is 163 Å². The molecule has 2 rings (SSSR count). The summed E-state index contributed by atoms with van der Waals surface area (Å²) in [6.45, 7) is 6.09. The number of halogens is 1. The van der Waals surface area contributed by atoms with Crippen molar-refractivity contribution in [3.8, 4) is 0 Å². The molecular weight excluding hydrogens is 376 g/mol. The smallest absolute Gasteiger partial charge is 0.222 e. The Balaban J connectivity index is 1.99. The second-order valence-electron chi connectivity index (χ2n) is 6.33. The van der Waals surface area contributed by atoms with E-state index in [0.717, 1.165) is 31.0 Å². The normalized spacial score (nSPS) is 17.4. The fraction of sp³-hybridized carbons (Fsp3) is 0.647. The number of carbonyl (C=O) groups is 2. The summed E-state index contributed by atoms with van der Waals surface area (Å²) in [5.74, 6) is -0.549. The maximum absolute atomic E-state index is 12.4. The molecule has 0 saturated carbocycles. The molecule has 1 aromatic heterocycles. The Morgan fingerprint density at radius 3 is 2.77 bits per heavy atom. The van der Waals surface area contributed by atoms with Crippen LogP contribution in [-0.4, -0.2) is 58.2 Å². The number of anilines is 1. The molecule has 1 aliphatic rings. The van der Waals surface area contributed by atoms with Gasteiger partial charge in [0.25, 0.3) is 0 Å². The third-order valence-electron chi connectivity index (χ3n) is 4.25. The SMILES string of the molecule is CCCCCC(=O)N1CCN(c2cc(Cl)nc(SCC(=O)[O-])n2)C[C@@H]1C. The monoisotopic (exact) mass is 399 g/mol. The van der Waals surface area contributed by atoms with Crippen LogP contribution in [0.5, 0.6) is 0 Å². The summed E-state index contributed by atoms with van der Waals surface area (Å²) in [6, 6.07) is 1.74. The molecule has 1 aliphatic heterocycles. The summed E-state index contributed by atoms with van der Waals surface area (Å²) >= 11 is 7.03. The molecule has 2 heterocycles. The fourth-order valence-electron chi connectivity index (χ4n) is 2.94. The molecule has 0 aromatic carbocycles. The number of carbonyl (C=O) groups excluding carboxylic acids is 2. The van der Waals surface area contributed by atoms with Gasteiger partial charge in [-0.05, 0) is 13.3 Å². The third kappa shape index (κ3) is 6.02. The summed E-state index contributed by atoms with van der Waals surface area (Å²) in [7, 11) is 0. The van der Waals surface area contributed by atoms with Crippen molar-refractivity contribution in [2.75, 3.05) is 30.3 Å². The lowest BCUT2D eigenvalue weighted by Gasteiger charge is -2.40. The molecule has 1 aromatic rings. The van der Waals surface area contributed by atoms with Gasteiger partial charge < -0.3 is 19.7 Å². The van der Waals surface area contributed by atoms with E-state index >= 15 is 0 Å². The molecule has 9 heteroatoms. The van der Waals surface area contributed by atoms with E-state index in [1.807, 2.05) is 11.8 Å². The Morgan fingerprint density at radius 1 is 1.35 bits per heavy atom. The van der Waals surface area contributed by atoms with Crippen molar-refractivity contribution >= 4 is 41.1 Å². The molecule has 144 valence electrons. The number of unbranched alkanes of at least 4 members (excludes halogenated alkanes) is 2. The molecule has 0 spiro atoms. The van der Waals surface area contributed by atoms with Crippen molar-refractivity contribution < 1.29 is 14.7 Å². The Kier molecular flexibility index (Phi) is 7.96. The van der Waals surface area contributed by atoms with Crippen LogP contribution in [0.25, 0.3) is 0 Å². The molecule has 0 radical (unpaired) electrons. The maximum Gasteiger partial charge on any atom is 0.222 e. The lowest BCUT2D eigenvalue weighted by Crippen LogP contribution is -2.54. The average molecular weight is 400 g/mol. The van der Waals surface area contributed by atoms with E-state index in [0.29, 0.717) is 37.0 Å². The summed E-state index contributed by atoms with van der Waals surface area (Å²) in [4.78, 5) is 35.4. The molecular formula is C17H24ClN4O3S-. The third-order valence-corrected chi connectivity index (χ3v) is 5.26. The van der Waals surface area contributed by atoms with E-state index < -0.39 is 5.97 Å². The van der Waals surface area contributed by atoms with Crippen LogP contribution < -0.4 is 10.0 Å². The Bertz CT molecular complexity index is 646. The van der Waals surface area contributed by atoms with Gasteiger partial charge in [0.2, 0.25) is 5.91 Å². The van der Waals surface area contributed by atoms with E-state index in [-0.39, 0.29) is 22.9 Å². The number of aliphatic carboxylic acids is 1. The molecule has 26 heavy (non-hydrogen) atoms. The number of carboxylic acids is 1. The lowest BCUT2D eigenvalue weighted by atomic mass is 10.1. The zero-order valence-corrected chi connectivity index (χ0v) is 16.7. The highest BCUT2D eigenvalue weighted by Crippen LogP contribution is 2.24. The van der Waals surface area contributed by atoms with Crippen molar-refractivity contribution in [2.24, 2.45) is 0 Å². The fourth-order valence-corrected chi connectivity index (χ4v) is 3.74. The number of hydrogen-bond donors (Lipinski definition) is 0. The van der Waals surface area contributed by atoms with Crippen molar-refractivity contribution in [1.29, 1.82) is 0 Å². The van der Waals surface area contributed by atoms with Crippen LogP contribution in [0.2, 0.25) is 5.15 Å². The molecule has 1 atom stereocenters. The van der Waals surface area contributed by atoms with Crippen molar-refractivity contribution in [3.63, 3.8) is 0 Å². The first-order valence-electron chi connectivity index (χ1n) is 8.82. The molecule has 7 nitrogen and oxygen atoms in total. The number of carboxylic acid groups (broad SMARTS) is 1. The van der Waals surface area contributed by atoms with Crippen LogP contribution >= 0.6 is 23.4 Å². The van der Waals surface area contributed by atoms with Gasteiger partial charge in [-0.1, -0.05) is 43.1 Å². The van der Waals surface area contributed by atoms with Gasteiger partial charge >= 0.3 is 0 Å². The van der Waals surface area contributed by atoms with Crippen LogP contribution in [0.1, 0.15) is 39.5 Å². The first-order valence-corrected chi connectivity index (χ1v) is 10.2. The van der Waals surface area contributed by atoms with E-state index in [1.165, 1.54) is 0 Å². The average Bonchev–Trinajstić information content (AvgIpc) is 2.59. The van der Waals surface area contributed by atoms with Crippen molar-refractivity contribution in [1.82, 2.24) is 14.9 Å². The first-order chi connectivity index (χ1) is 12.4. The molecule has 0 bridgehead atoms. The minimum absolute atomic E-state index is 0.0749. The van der Waals surface area contributed by atoms with E-state index in [4.69, 9.17) is 11.6 Å². The predicted octanol–water partition coefficient (Wildman–Crippen LogP) is 1.59. The van der Waals surface area contributed by atoms with Crippen molar-refractivity contribution in [2.45, 2.75) is 50.7 Å². The highest BCUT2D eigenvalue weighted by atomic mass is 35.5. The molecule has 1 fully saturated rings. The second-order valence-corrected chi connectivity index (χ2v) is 7.66. The van der Waals surface area contributed by atoms with Gasteiger partial charge in [-0.25, -0.2) is 9.97 Å². The molecule has 1 amide bonds. The number of aromatic nitrogens is 2. The number of thioether (sulfide) groups is 1. The van der Waals surface area contributed by atoms with Gasteiger partial charge in [0.1, 0.15) is 11.0 Å². The van der Waals surface area contributed by atoms with Gasteiger partial charge in [0, 0.05) is 43.9 Å². The highest BCUT2D eigenvalue weighted by Gasteiger charge is 2.28. The highest BCUT2D eigenvalue weighted by molar-refractivity contribution is 7.99. The summed E-state index contributed by atoms with van der Waals surface area (Å²) in [5.41, 5.74) is 0. The van der Waals surface area contributed by atoms with E-state index in [9.17, 15) is 14.7 Å². The van der Waals surface area contributed by atoms with Gasteiger partial charge in [0.05, 0.1) is 5.97 Å². The van der Waals surface area contributed by atoms with Crippen molar-refractivity contribution in [3.05, 3.63) is 11.2 Å². The largest absolute Gasteiger partial charge is 0.549 e. The van der Waals surface area contributed by atoms with Crippen LogP contribution in [0, 0.1) is 0 Å².